The summed E-state index contributed by atoms with van der Waals surface area (Å²) in [4.78, 5) is 2.36. The molecule has 0 saturated carbocycles. The molecule has 1 aliphatic heterocycles. The Bertz CT molecular complexity index is 3040. The van der Waals surface area contributed by atoms with Crippen LogP contribution in [-0.2, 0) is 0 Å². The van der Waals surface area contributed by atoms with Crippen molar-refractivity contribution in [2.45, 2.75) is 0 Å². The van der Waals surface area contributed by atoms with Gasteiger partial charge in [-0.3, -0.25) is 0 Å². The van der Waals surface area contributed by atoms with E-state index in [2.05, 4.69) is 149 Å². The van der Waals surface area contributed by atoms with E-state index in [1.54, 1.807) is 6.07 Å². The Morgan fingerprint density at radius 3 is 1.92 bits per heavy atom. The van der Waals surface area contributed by atoms with Crippen molar-refractivity contribution in [1.29, 1.82) is 0 Å². The van der Waals surface area contributed by atoms with Crippen LogP contribution in [0.2, 0.25) is 0 Å². The van der Waals surface area contributed by atoms with E-state index in [-0.39, 0.29) is 5.82 Å². The van der Waals surface area contributed by atoms with Crippen molar-refractivity contribution in [3.63, 3.8) is 0 Å². The molecule has 11 rings (SSSR count). The normalized spacial score (nSPS) is 12.0. The summed E-state index contributed by atoms with van der Waals surface area (Å²) in [5.74, 6) is 0.916. The number of hydrogen-bond acceptors (Lipinski definition) is 3. The van der Waals surface area contributed by atoms with Gasteiger partial charge < -0.3 is 14.2 Å². The van der Waals surface area contributed by atoms with E-state index >= 15 is 0 Å². The van der Waals surface area contributed by atoms with Crippen molar-refractivity contribution >= 4 is 70.4 Å². The van der Waals surface area contributed by atoms with Gasteiger partial charge in [-0.25, -0.2) is 4.39 Å². The summed E-state index contributed by atoms with van der Waals surface area (Å²) in [6.07, 6.45) is 0. The van der Waals surface area contributed by atoms with Crippen molar-refractivity contribution in [1.82, 2.24) is 4.57 Å². The molecule has 250 valence electrons. The summed E-state index contributed by atoms with van der Waals surface area (Å²) >= 11 is 1.83. The van der Waals surface area contributed by atoms with E-state index in [1.807, 2.05) is 35.6 Å². The Balaban J connectivity index is 1.02. The highest BCUT2D eigenvalue weighted by Gasteiger charge is 2.25. The van der Waals surface area contributed by atoms with Crippen molar-refractivity contribution in [3.05, 3.63) is 182 Å². The number of para-hydroxylation sites is 1. The molecule has 0 unspecified atom stereocenters. The van der Waals surface area contributed by atoms with Crippen LogP contribution in [0, 0.1) is 5.82 Å². The minimum absolute atomic E-state index is 0.309. The first-order valence-corrected chi connectivity index (χ1v) is 18.5. The van der Waals surface area contributed by atoms with Gasteiger partial charge in [0.25, 0.3) is 0 Å². The van der Waals surface area contributed by atoms with Crippen molar-refractivity contribution in [3.8, 4) is 39.4 Å². The SMILES string of the molecule is Fc1cc2c3c(c1)c1ccccc1n3-c1ccc(-c3ccc(N(c4ccc(-c5ccccc5)cc4)c4cccc5sc6ccccc6c45)cc3)cc1O2. The summed E-state index contributed by atoms with van der Waals surface area (Å²) in [6.45, 7) is 0. The molecule has 8 aromatic carbocycles. The van der Waals surface area contributed by atoms with E-state index in [4.69, 9.17) is 4.74 Å². The van der Waals surface area contributed by atoms with Crippen LogP contribution in [0.4, 0.5) is 21.5 Å². The highest BCUT2D eigenvalue weighted by atomic mass is 32.1. The topological polar surface area (TPSA) is 17.4 Å². The van der Waals surface area contributed by atoms with Gasteiger partial charge in [0.1, 0.15) is 5.82 Å². The molecule has 0 aliphatic carbocycles. The largest absolute Gasteiger partial charge is 0.453 e. The Labute approximate surface area is 309 Å². The average Bonchev–Trinajstić information content (AvgIpc) is 3.76. The molecule has 0 radical (unpaired) electrons. The van der Waals surface area contributed by atoms with Crippen LogP contribution in [-0.4, -0.2) is 4.57 Å². The number of benzene rings is 8. The lowest BCUT2D eigenvalue weighted by Crippen LogP contribution is -2.10. The van der Waals surface area contributed by atoms with Crippen LogP contribution in [0.5, 0.6) is 11.5 Å². The second kappa shape index (κ2) is 11.7. The Kier molecular flexibility index (Phi) is 6.60. The number of halogens is 1. The molecule has 53 heavy (non-hydrogen) atoms. The van der Waals surface area contributed by atoms with Gasteiger partial charge in [0.15, 0.2) is 11.5 Å². The average molecular weight is 701 g/mol. The highest BCUT2D eigenvalue weighted by molar-refractivity contribution is 7.26. The zero-order valence-electron chi connectivity index (χ0n) is 28.3. The molecule has 0 saturated heterocycles. The maximum Gasteiger partial charge on any atom is 0.155 e. The summed E-state index contributed by atoms with van der Waals surface area (Å²) < 4.78 is 26.0. The summed E-state index contributed by atoms with van der Waals surface area (Å²) in [7, 11) is 0. The van der Waals surface area contributed by atoms with Crippen LogP contribution in [0.15, 0.2) is 176 Å². The molecular formula is C48H29FN2OS. The molecule has 3 nitrogen and oxygen atoms in total. The van der Waals surface area contributed by atoms with E-state index in [0.717, 1.165) is 55.7 Å². The number of thiophene rings is 1. The lowest BCUT2D eigenvalue weighted by molar-refractivity contribution is 0.471. The monoisotopic (exact) mass is 700 g/mol. The van der Waals surface area contributed by atoms with Gasteiger partial charge in [0.05, 0.1) is 22.4 Å². The molecule has 0 spiro atoms. The minimum Gasteiger partial charge on any atom is -0.453 e. The zero-order valence-corrected chi connectivity index (χ0v) is 29.1. The Morgan fingerprint density at radius 2 is 1.13 bits per heavy atom. The second-order valence-corrected chi connectivity index (χ2v) is 14.6. The number of anilines is 3. The maximum absolute atomic E-state index is 14.9. The predicted octanol–water partition coefficient (Wildman–Crippen LogP) is 14.2. The molecular weight excluding hydrogens is 672 g/mol. The fourth-order valence-electron chi connectivity index (χ4n) is 8.04. The first-order chi connectivity index (χ1) is 26.2. The summed E-state index contributed by atoms with van der Waals surface area (Å²) in [5, 5.41) is 4.37. The number of rotatable bonds is 5. The van der Waals surface area contributed by atoms with Crippen LogP contribution >= 0.6 is 11.3 Å². The van der Waals surface area contributed by atoms with Crippen molar-refractivity contribution < 1.29 is 9.13 Å². The van der Waals surface area contributed by atoms with Crippen LogP contribution in [0.3, 0.4) is 0 Å². The standard InChI is InChI=1S/C48H29FN2OS/c49-34-28-39-37-11-4-6-13-40(37)51-41-26-21-33(27-43(41)52-44(29-34)48(39)51)32-19-24-36(25-20-32)50(35-22-17-31(18-23-35)30-9-2-1-3-10-30)42-14-8-16-46-47(42)38-12-5-7-15-45(38)53-46/h1-29H. The minimum atomic E-state index is -0.309. The van der Waals surface area contributed by atoms with Gasteiger partial charge in [0, 0.05) is 48.4 Å². The van der Waals surface area contributed by atoms with Gasteiger partial charge in [-0.1, -0.05) is 103 Å². The number of hydrogen-bond donors (Lipinski definition) is 0. The lowest BCUT2D eigenvalue weighted by Gasteiger charge is -2.27. The van der Waals surface area contributed by atoms with Gasteiger partial charge in [-0.15, -0.1) is 11.3 Å². The first kappa shape index (κ1) is 30.0. The molecule has 0 fully saturated rings. The third-order valence-corrected chi connectivity index (χ3v) is 11.6. The fourth-order valence-corrected chi connectivity index (χ4v) is 9.17. The molecule has 2 aromatic heterocycles. The number of ether oxygens (including phenoxy) is 1. The maximum atomic E-state index is 14.9. The van der Waals surface area contributed by atoms with E-state index < -0.39 is 0 Å². The van der Waals surface area contributed by atoms with Crippen molar-refractivity contribution in [2.75, 3.05) is 4.90 Å². The van der Waals surface area contributed by atoms with E-state index in [1.165, 1.54) is 37.4 Å². The molecule has 1 aliphatic rings. The lowest BCUT2D eigenvalue weighted by atomic mass is 10.0. The van der Waals surface area contributed by atoms with Gasteiger partial charge >= 0.3 is 0 Å². The second-order valence-electron chi connectivity index (χ2n) is 13.5. The summed E-state index contributed by atoms with van der Waals surface area (Å²) in [5.41, 5.74) is 10.6. The smallest absolute Gasteiger partial charge is 0.155 e. The van der Waals surface area contributed by atoms with Crippen LogP contribution < -0.4 is 9.64 Å². The van der Waals surface area contributed by atoms with Gasteiger partial charge in [-0.2, -0.15) is 0 Å². The van der Waals surface area contributed by atoms with Gasteiger partial charge in [-0.05, 0) is 89.0 Å². The molecule has 3 heterocycles. The third kappa shape index (κ3) is 4.71. The molecule has 0 amide bonds. The third-order valence-electron chi connectivity index (χ3n) is 10.4. The highest BCUT2D eigenvalue weighted by Crippen LogP contribution is 2.48. The van der Waals surface area contributed by atoms with E-state index in [9.17, 15) is 4.39 Å². The number of nitrogens with zero attached hydrogens (tertiary/aromatic N) is 2. The van der Waals surface area contributed by atoms with Crippen molar-refractivity contribution in [2.24, 2.45) is 0 Å². The van der Waals surface area contributed by atoms with Gasteiger partial charge in [0.2, 0.25) is 0 Å². The zero-order chi connectivity index (χ0) is 35.0. The number of fused-ring (bicyclic) bond motifs is 8. The first-order valence-electron chi connectivity index (χ1n) is 17.7. The predicted molar refractivity (Wildman–Crippen MR) is 219 cm³/mol. The molecule has 10 aromatic rings. The fraction of sp³-hybridized carbons (Fsp3) is 0. The quantitative estimate of drug-likeness (QED) is 0.178. The number of aromatic nitrogens is 1. The molecule has 5 heteroatoms. The van der Waals surface area contributed by atoms with E-state index in [0.29, 0.717) is 11.5 Å². The van der Waals surface area contributed by atoms with Crippen LogP contribution in [0.25, 0.3) is 69.9 Å². The summed E-state index contributed by atoms with van der Waals surface area (Å²) in [6, 6.07) is 60.9. The Hall–Kier alpha value is -6.69. The molecule has 0 atom stereocenters. The molecule has 0 N–H and O–H groups in total. The molecule has 0 bridgehead atoms. The van der Waals surface area contributed by atoms with Crippen LogP contribution in [0.1, 0.15) is 0 Å². The Morgan fingerprint density at radius 1 is 0.491 bits per heavy atom.